The molecule has 170 valence electrons. The number of nitrogens with two attached hydrogens (primary N) is 1. The van der Waals surface area contributed by atoms with E-state index in [1.807, 2.05) is 7.05 Å². The quantitative estimate of drug-likeness (QED) is 0.492. The van der Waals surface area contributed by atoms with E-state index in [1.54, 1.807) is 24.4 Å². The molecule has 1 saturated heterocycles. The fourth-order valence-corrected chi connectivity index (χ4v) is 4.61. The van der Waals surface area contributed by atoms with E-state index in [1.165, 1.54) is 22.6 Å². The maximum Gasteiger partial charge on any atom is 0.279 e. The normalized spacial score (nSPS) is 15.2. The van der Waals surface area contributed by atoms with Gasteiger partial charge in [0.05, 0.1) is 16.8 Å². The molecule has 32 heavy (non-hydrogen) atoms. The second-order valence-corrected chi connectivity index (χ2v) is 9.07. The summed E-state index contributed by atoms with van der Waals surface area (Å²) in [7, 11) is -1.60. The van der Waals surface area contributed by atoms with Crippen LogP contribution in [0.4, 0.5) is 11.6 Å². The second kappa shape index (κ2) is 9.61. The van der Waals surface area contributed by atoms with Crippen molar-refractivity contribution in [1.29, 1.82) is 0 Å². The Morgan fingerprint density at radius 3 is 2.44 bits per heavy atom. The monoisotopic (exact) mass is 478 g/mol. The zero-order valence-corrected chi connectivity index (χ0v) is 18.9. The third-order valence-corrected chi connectivity index (χ3v) is 6.92. The molecular formula is C19H23ClN8O3S. The molecule has 13 heteroatoms. The summed E-state index contributed by atoms with van der Waals surface area (Å²) in [6.45, 7) is 2.31. The number of nitrogens with zero attached hydrogens (tertiary/aromatic N) is 5. The molecule has 0 unspecified atom stereocenters. The van der Waals surface area contributed by atoms with Crippen LogP contribution in [-0.2, 0) is 10.0 Å². The molecule has 11 nitrogen and oxygen atoms in total. The highest BCUT2D eigenvalue weighted by molar-refractivity contribution is 7.89. The summed E-state index contributed by atoms with van der Waals surface area (Å²) in [4.78, 5) is 23.1. The largest absolute Gasteiger partial charge is 0.382 e. The predicted molar refractivity (Wildman–Crippen MR) is 122 cm³/mol. The van der Waals surface area contributed by atoms with Crippen LogP contribution in [0.1, 0.15) is 10.5 Å². The highest BCUT2D eigenvalue weighted by Crippen LogP contribution is 2.23. The number of aromatic amines is 1. The Morgan fingerprint density at radius 1 is 1.12 bits per heavy atom. The minimum absolute atomic E-state index is 0. The first kappa shape index (κ1) is 23.6. The maximum atomic E-state index is 12.9. The Balaban J connectivity index is 0.00000289. The highest BCUT2D eigenvalue weighted by atomic mass is 35.5. The molecular weight excluding hydrogens is 456 g/mol. The average molecular weight is 479 g/mol. The van der Waals surface area contributed by atoms with Gasteiger partial charge in [0.25, 0.3) is 5.91 Å². The van der Waals surface area contributed by atoms with Crippen LogP contribution in [0.2, 0.25) is 0 Å². The van der Waals surface area contributed by atoms with E-state index in [9.17, 15) is 13.2 Å². The standard InChI is InChI=1S/C19H22N8O3S.ClH/c1-26-8-10-27(11-9-26)31(29,30)14-4-2-13(3-5-14)15-12-21-18(20)17(23-15)19(28)24-16-6-7-22-25-16;/h2-7,12H,8-11H2,1H3,(H2,20,21)(H2,22,24,25,28);1H. The van der Waals surface area contributed by atoms with E-state index in [2.05, 4.69) is 30.4 Å². The Bertz CT molecular complexity index is 1180. The lowest BCUT2D eigenvalue weighted by atomic mass is 10.1. The molecule has 0 spiro atoms. The fraction of sp³-hybridized carbons (Fsp3) is 0.263. The van der Waals surface area contributed by atoms with Crippen LogP contribution in [0.15, 0.2) is 47.6 Å². The first-order valence-electron chi connectivity index (χ1n) is 9.57. The molecule has 1 aliphatic heterocycles. The summed E-state index contributed by atoms with van der Waals surface area (Å²) in [5.41, 5.74) is 6.78. The summed E-state index contributed by atoms with van der Waals surface area (Å²) in [5, 5.41) is 9.03. The number of H-pyrrole nitrogens is 1. The Kier molecular flexibility index (Phi) is 7.09. The van der Waals surface area contributed by atoms with Crippen molar-refractivity contribution in [1.82, 2.24) is 29.4 Å². The first-order chi connectivity index (χ1) is 14.8. The smallest absolute Gasteiger partial charge is 0.279 e. The fourth-order valence-electron chi connectivity index (χ4n) is 3.19. The molecule has 3 heterocycles. The van der Waals surface area contributed by atoms with E-state index >= 15 is 0 Å². The molecule has 1 amide bonds. The van der Waals surface area contributed by atoms with Gasteiger partial charge in [0.2, 0.25) is 10.0 Å². The topological polar surface area (TPSA) is 150 Å². The molecule has 0 atom stereocenters. The van der Waals surface area contributed by atoms with Crippen molar-refractivity contribution >= 4 is 40.0 Å². The molecule has 1 aromatic carbocycles. The van der Waals surface area contributed by atoms with Crippen molar-refractivity contribution in [3.8, 4) is 11.3 Å². The number of hydrogen-bond acceptors (Lipinski definition) is 8. The van der Waals surface area contributed by atoms with Crippen molar-refractivity contribution in [2.75, 3.05) is 44.3 Å². The van der Waals surface area contributed by atoms with Gasteiger partial charge >= 0.3 is 0 Å². The number of nitrogen functional groups attached to an aromatic ring is 1. The van der Waals surface area contributed by atoms with Crippen LogP contribution in [0, 0.1) is 0 Å². The van der Waals surface area contributed by atoms with E-state index in [0.717, 1.165) is 0 Å². The van der Waals surface area contributed by atoms with Crippen LogP contribution >= 0.6 is 12.4 Å². The maximum absolute atomic E-state index is 12.9. The molecule has 2 aromatic heterocycles. The molecule has 4 rings (SSSR count). The van der Waals surface area contributed by atoms with Crippen LogP contribution in [-0.4, -0.2) is 76.9 Å². The number of rotatable bonds is 5. The van der Waals surface area contributed by atoms with Crippen LogP contribution in [0.25, 0.3) is 11.3 Å². The van der Waals surface area contributed by atoms with E-state index in [4.69, 9.17) is 5.73 Å². The van der Waals surface area contributed by atoms with Gasteiger partial charge in [-0.05, 0) is 19.2 Å². The Labute approximate surface area is 191 Å². The molecule has 3 aromatic rings. The average Bonchev–Trinajstić information content (AvgIpc) is 3.27. The molecule has 4 N–H and O–H groups in total. The van der Waals surface area contributed by atoms with E-state index in [-0.39, 0.29) is 28.8 Å². The van der Waals surface area contributed by atoms with Crippen molar-refractivity contribution in [3.05, 3.63) is 48.4 Å². The van der Waals surface area contributed by atoms with Crippen molar-refractivity contribution in [2.45, 2.75) is 4.90 Å². The third-order valence-electron chi connectivity index (χ3n) is 5.01. The number of halogens is 1. The number of sulfonamides is 1. The summed E-state index contributed by atoms with van der Waals surface area (Å²) >= 11 is 0. The van der Waals surface area contributed by atoms with E-state index in [0.29, 0.717) is 43.3 Å². The molecule has 0 aliphatic carbocycles. The summed E-state index contributed by atoms with van der Waals surface area (Å²) in [6.07, 6.45) is 3.00. The molecule has 1 aliphatic rings. The second-order valence-electron chi connectivity index (χ2n) is 7.13. The Morgan fingerprint density at radius 2 is 1.81 bits per heavy atom. The van der Waals surface area contributed by atoms with Crippen LogP contribution in [0.5, 0.6) is 0 Å². The number of amides is 1. The van der Waals surface area contributed by atoms with Gasteiger partial charge in [-0.3, -0.25) is 9.89 Å². The van der Waals surface area contributed by atoms with Gasteiger partial charge in [-0.25, -0.2) is 18.4 Å². The number of hydrogen-bond donors (Lipinski definition) is 3. The SMILES string of the molecule is CN1CCN(S(=O)(=O)c2ccc(-c3cnc(N)c(C(=O)Nc4cc[nH]n4)n3)cc2)CC1.Cl. The molecule has 0 radical (unpaired) electrons. The molecule has 0 saturated carbocycles. The zero-order valence-electron chi connectivity index (χ0n) is 17.2. The van der Waals surface area contributed by atoms with E-state index < -0.39 is 15.9 Å². The van der Waals surface area contributed by atoms with Gasteiger partial charge in [-0.15, -0.1) is 12.4 Å². The number of aromatic nitrogens is 4. The van der Waals surface area contributed by atoms with Crippen molar-refractivity contribution in [2.24, 2.45) is 0 Å². The summed E-state index contributed by atoms with van der Waals surface area (Å²) in [6, 6.07) is 7.93. The number of benzene rings is 1. The minimum Gasteiger partial charge on any atom is -0.382 e. The lowest BCUT2D eigenvalue weighted by Crippen LogP contribution is -2.46. The van der Waals surface area contributed by atoms with Crippen LogP contribution < -0.4 is 11.1 Å². The van der Waals surface area contributed by atoms with Gasteiger partial charge in [-0.2, -0.15) is 9.40 Å². The number of likely N-dealkylation sites (N-methyl/N-ethyl adjacent to an activating group) is 1. The molecule has 0 bridgehead atoms. The Hall–Kier alpha value is -3.06. The van der Waals surface area contributed by atoms with Crippen LogP contribution in [0.3, 0.4) is 0 Å². The lowest BCUT2D eigenvalue weighted by Gasteiger charge is -2.31. The lowest BCUT2D eigenvalue weighted by molar-refractivity contribution is 0.102. The minimum atomic E-state index is -3.57. The van der Waals surface area contributed by atoms with Gasteiger partial charge < -0.3 is 16.0 Å². The van der Waals surface area contributed by atoms with Gasteiger partial charge in [0.15, 0.2) is 17.3 Å². The number of nitrogens with one attached hydrogen (secondary N) is 2. The predicted octanol–water partition coefficient (Wildman–Crippen LogP) is 1.06. The molecule has 1 fully saturated rings. The van der Waals surface area contributed by atoms with Gasteiger partial charge in [0, 0.05) is 44.0 Å². The van der Waals surface area contributed by atoms with Gasteiger partial charge in [0.1, 0.15) is 0 Å². The third kappa shape index (κ3) is 4.88. The van der Waals surface area contributed by atoms with Gasteiger partial charge in [-0.1, -0.05) is 12.1 Å². The van der Waals surface area contributed by atoms with Crippen molar-refractivity contribution in [3.63, 3.8) is 0 Å². The number of anilines is 2. The summed E-state index contributed by atoms with van der Waals surface area (Å²) in [5.74, 6) is -0.241. The van der Waals surface area contributed by atoms with Crippen molar-refractivity contribution < 1.29 is 13.2 Å². The number of piperazine rings is 1. The first-order valence-corrected chi connectivity index (χ1v) is 11.0. The number of carbonyl (C=O) groups excluding carboxylic acids is 1. The number of carbonyl (C=O) groups is 1. The summed E-state index contributed by atoms with van der Waals surface area (Å²) < 4.78 is 27.3. The zero-order chi connectivity index (χ0) is 22.0. The highest BCUT2D eigenvalue weighted by Gasteiger charge is 2.27.